The van der Waals surface area contributed by atoms with E-state index in [2.05, 4.69) is 5.32 Å². The van der Waals surface area contributed by atoms with E-state index < -0.39 is 0 Å². The average Bonchev–Trinajstić information content (AvgIpc) is 2.61. The van der Waals surface area contributed by atoms with E-state index in [1.54, 1.807) is 0 Å². The molecule has 0 aliphatic carbocycles. The van der Waals surface area contributed by atoms with Gasteiger partial charge in [-0.3, -0.25) is 0 Å². The van der Waals surface area contributed by atoms with E-state index in [4.69, 9.17) is 10.5 Å². The summed E-state index contributed by atoms with van der Waals surface area (Å²) in [5.74, 6) is 0. The van der Waals surface area contributed by atoms with Crippen LogP contribution in [0.15, 0.2) is 0 Å². The molecule has 2 heterocycles. The smallest absolute Gasteiger partial charge is 0.329 e. The number of nitrogens with one attached hydrogen (secondary N) is 1. The molecule has 56 valence electrons. The maximum atomic E-state index is 10.9. The normalized spacial score (nSPS) is 44.4. The van der Waals surface area contributed by atoms with Crippen LogP contribution in [0.5, 0.6) is 0 Å². The first kappa shape index (κ1) is 6.62. The third kappa shape index (κ3) is 0.789. The molecule has 0 bridgehead atoms. The van der Waals surface area contributed by atoms with E-state index in [0.717, 1.165) is 0 Å². The lowest BCUT2D eigenvalue weighted by Crippen LogP contribution is -2.54. The van der Waals surface area contributed by atoms with Crippen LogP contribution in [-0.2, 0) is 4.74 Å². The maximum Gasteiger partial charge on any atom is 0.329 e. The van der Waals surface area contributed by atoms with Crippen molar-refractivity contribution in [2.45, 2.75) is 18.5 Å². The van der Waals surface area contributed by atoms with E-state index in [-0.39, 0.29) is 24.5 Å². The highest BCUT2D eigenvalue weighted by atomic mass is 127. The second-order valence-electron chi connectivity index (χ2n) is 2.28. The number of amides is 2. The van der Waals surface area contributed by atoms with Crippen LogP contribution in [0.3, 0.4) is 0 Å². The first-order valence-electron chi connectivity index (χ1n) is 2.87. The van der Waals surface area contributed by atoms with E-state index in [1.165, 1.54) is 3.11 Å². The van der Waals surface area contributed by atoms with Crippen LogP contribution < -0.4 is 11.1 Å². The lowest BCUT2D eigenvalue weighted by molar-refractivity contribution is 0.214. The van der Waals surface area contributed by atoms with Gasteiger partial charge in [0.2, 0.25) is 0 Å². The monoisotopic (exact) mass is 255 g/mol. The van der Waals surface area contributed by atoms with Crippen LogP contribution in [0.1, 0.15) is 0 Å². The van der Waals surface area contributed by atoms with Gasteiger partial charge in [0, 0.05) is 0 Å². The Hall–Kier alpha value is -0.0800. The first-order chi connectivity index (χ1) is 4.70. The van der Waals surface area contributed by atoms with Gasteiger partial charge in [-0.2, -0.15) is 0 Å². The lowest BCUT2D eigenvalue weighted by Gasteiger charge is -2.21. The Morgan fingerprint density at radius 1 is 1.80 bits per heavy atom. The SMILES string of the molecule is NC1NC(=O)N(I)C2OC12. The largest absolute Gasteiger partial charge is 0.343 e. The van der Waals surface area contributed by atoms with Crippen LogP contribution in [-0.4, -0.2) is 27.6 Å². The quantitative estimate of drug-likeness (QED) is 0.344. The molecule has 10 heavy (non-hydrogen) atoms. The summed E-state index contributed by atoms with van der Waals surface area (Å²) in [4.78, 5) is 10.9. The van der Waals surface area contributed by atoms with Gasteiger partial charge in [-0.1, -0.05) is 0 Å². The van der Waals surface area contributed by atoms with Gasteiger partial charge >= 0.3 is 6.03 Å². The number of fused-ring (bicyclic) bond motifs is 1. The van der Waals surface area contributed by atoms with Crippen molar-refractivity contribution in [2.24, 2.45) is 5.73 Å². The van der Waals surface area contributed by atoms with Crippen LogP contribution in [0.2, 0.25) is 0 Å². The Balaban J connectivity index is 2.12. The molecule has 3 unspecified atom stereocenters. The third-order valence-electron chi connectivity index (χ3n) is 1.56. The van der Waals surface area contributed by atoms with Crippen molar-refractivity contribution < 1.29 is 9.53 Å². The summed E-state index contributed by atoms with van der Waals surface area (Å²) in [5.41, 5.74) is 5.49. The van der Waals surface area contributed by atoms with E-state index in [1.807, 2.05) is 22.9 Å². The van der Waals surface area contributed by atoms with Crippen molar-refractivity contribution in [3.8, 4) is 0 Å². The molecule has 3 N–H and O–H groups in total. The molecule has 0 aromatic carbocycles. The van der Waals surface area contributed by atoms with Gasteiger partial charge in [0.1, 0.15) is 12.3 Å². The first-order valence-corrected chi connectivity index (χ1v) is 3.83. The Morgan fingerprint density at radius 2 is 2.50 bits per heavy atom. The average molecular weight is 255 g/mol. The molecule has 2 fully saturated rings. The molecule has 2 rings (SSSR count). The predicted octanol–water partition coefficient (Wildman–Crippen LogP) is -0.629. The van der Waals surface area contributed by atoms with E-state index in [9.17, 15) is 4.79 Å². The summed E-state index contributed by atoms with van der Waals surface area (Å²) in [5, 5.41) is 2.55. The molecule has 0 aromatic rings. The zero-order valence-electron chi connectivity index (χ0n) is 4.95. The number of halogens is 1. The minimum atomic E-state index is -0.330. The van der Waals surface area contributed by atoms with Crippen LogP contribution >= 0.6 is 22.9 Å². The lowest BCUT2D eigenvalue weighted by atomic mass is 10.3. The molecule has 0 radical (unpaired) electrons. The topological polar surface area (TPSA) is 70.9 Å². The number of ether oxygens (including phenoxy) is 1. The summed E-state index contributed by atoms with van der Waals surface area (Å²) in [7, 11) is 0. The summed E-state index contributed by atoms with van der Waals surface area (Å²) in [6, 6.07) is -0.174. The number of carbonyl (C=O) groups is 1. The molecule has 0 spiro atoms. The van der Waals surface area contributed by atoms with E-state index >= 15 is 0 Å². The molecule has 6 heteroatoms. The van der Waals surface area contributed by atoms with Crippen molar-refractivity contribution >= 4 is 28.9 Å². The van der Waals surface area contributed by atoms with E-state index in [0.29, 0.717) is 0 Å². The van der Waals surface area contributed by atoms with Crippen molar-refractivity contribution in [1.29, 1.82) is 0 Å². The number of hydrogen-bond donors (Lipinski definition) is 2. The van der Waals surface area contributed by atoms with Crippen molar-refractivity contribution in [3.05, 3.63) is 0 Å². The van der Waals surface area contributed by atoms with Crippen molar-refractivity contribution in [1.82, 2.24) is 8.43 Å². The fourth-order valence-electron chi connectivity index (χ4n) is 0.962. The van der Waals surface area contributed by atoms with Crippen LogP contribution in [0, 0.1) is 0 Å². The zero-order valence-corrected chi connectivity index (χ0v) is 7.11. The second-order valence-corrected chi connectivity index (χ2v) is 3.32. The Bertz CT molecular complexity index is 187. The number of hydrogen-bond acceptors (Lipinski definition) is 3. The molecule has 2 aliphatic heterocycles. The Labute approximate surface area is 71.4 Å². The highest BCUT2D eigenvalue weighted by Gasteiger charge is 2.53. The number of rotatable bonds is 0. The Morgan fingerprint density at radius 3 is 3.20 bits per heavy atom. The molecule has 5 nitrogen and oxygen atoms in total. The van der Waals surface area contributed by atoms with Gasteiger partial charge in [0.05, 0.1) is 22.9 Å². The predicted molar refractivity (Wildman–Crippen MR) is 41.0 cm³/mol. The molecule has 2 saturated heterocycles. The molecule has 0 saturated carbocycles. The van der Waals surface area contributed by atoms with Gasteiger partial charge in [-0.05, 0) is 0 Å². The van der Waals surface area contributed by atoms with Gasteiger partial charge < -0.3 is 15.8 Å². The number of nitrogens with two attached hydrogens (primary N) is 1. The number of epoxide rings is 1. The van der Waals surface area contributed by atoms with Gasteiger partial charge in [-0.25, -0.2) is 7.91 Å². The Kier molecular flexibility index (Phi) is 1.29. The molecular formula is C4H6IN3O2. The van der Waals surface area contributed by atoms with Gasteiger partial charge in [0.15, 0.2) is 6.23 Å². The standard InChI is InChI=1S/C4H6IN3O2/c5-8-3-1(10-3)2(6)7-4(8)9/h1-3H,6H2,(H,7,9). The second kappa shape index (κ2) is 1.95. The fraction of sp³-hybridized carbons (Fsp3) is 0.750. The molecule has 2 amide bonds. The molecule has 3 atom stereocenters. The van der Waals surface area contributed by atoms with Crippen LogP contribution in [0.4, 0.5) is 4.79 Å². The number of urea groups is 1. The third-order valence-corrected chi connectivity index (χ3v) is 2.55. The van der Waals surface area contributed by atoms with Gasteiger partial charge in [-0.15, -0.1) is 0 Å². The van der Waals surface area contributed by atoms with Crippen LogP contribution in [0.25, 0.3) is 0 Å². The summed E-state index contributed by atoms with van der Waals surface area (Å²) >= 11 is 1.90. The number of carbonyl (C=O) groups excluding carboxylic acids is 1. The summed E-state index contributed by atoms with van der Waals surface area (Å²) < 4.78 is 6.56. The van der Waals surface area contributed by atoms with Gasteiger partial charge in [0.25, 0.3) is 0 Å². The molecule has 0 aromatic heterocycles. The van der Waals surface area contributed by atoms with Crippen molar-refractivity contribution in [2.75, 3.05) is 0 Å². The summed E-state index contributed by atoms with van der Waals surface area (Å²) in [6.07, 6.45) is -0.428. The zero-order chi connectivity index (χ0) is 7.30. The molecular weight excluding hydrogens is 249 g/mol. The number of nitrogens with zero attached hydrogens (tertiary/aromatic N) is 1. The highest BCUT2D eigenvalue weighted by molar-refractivity contribution is 14.1. The van der Waals surface area contributed by atoms with Crippen molar-refractivity contribution in [3.63, 3.8) is 0 Å². The molecule has 2 aliphatic rings. The fourth-order valence-corrected chi connectivity index (χ4v) is 1.55. The summed E-state index contributed by atoms with van der Waals surface area (Å²) in [6.45, 7) is 0. The minimum Gasteiger partial charge on any atom is -0.343 e. The highest BCUT2D eigenvalue weighted by Crippen LogP contribution is 2.33. The minimum absolute atomic E-state index is 0.00500. The maximum absolute atomic E-state index is 10.9.